The van der Waals surface area contributed by atoms with Crippen molar-refractivity contribution < 1.29 is 8.78 Å². The lowest BCUT2D eigenvalue weighted by Crippen LogP contribution is -2.26. The molecule has 1 aromatic carbocycles. The van der Waals surface area contributed by atoms with Crippen LogP contribution in [0.4, 0.5) is 8.78 Å². The van der Waals surface area contributed by atoms with E-state index in [2.05, 4.69) is 6.92 Å². The van der Waals surface area contributed by atoms with Gasteiger partial charge in [0.2, 0.25) is 0 Å². The van der Waals surface area contributed by atoms with Crippen LogP contribution in [0.25, 0.3) is 0 Å². The molecule has 3 rings (SSSR count). The molecule has 0 bridgehead atoms. The summed E-state index contributed by atoms with van der Waals surface area (Å²) in [6.45, 7) is 2.31. The number of hydrogen-bond donors (Lipinski definition) is 0. The van der Waals surface area contributed by atoms with E-state index in [0.717, 1.165) is 29.7 Å². The molecule has 0 spiro atoms. The quantitative estimate of drug-likeness (QED) is 0.548. The second kappa shape index (κ2) is 8.45. The van der Waals surface area contributed by atoms with Gasteiger partial charge in [-0.2, -0.15) is 0 Å². The van der Waals surface area contributed by atoms with Crippen LogP contribution in [-0.2, 0) is 6.42 Å². The zero-order chi connectivity index (χ0) is 16.9. The molecule has 0 unspecified atom stereocenters. The Morgan fingerprint density at radius 3 is 1.92 bits per heavy atom. The van der Waals surface area contributed by atoms with Crippen LogP contribution in [0.5, 0.6) is 0 Å². The highest BCUT2D eigenvalue weighted by atomic mass is 19.2. The first-order valence-electron chi connectivity index (χ1n) is 10.1. The number of rotatable bonds is 5. The van der Waals surface area contributed by atoms with Crippen LogP contribution < -0.4 is 0 Å². The molecule has 134 valence electrons. The lowest BCUT2D eigenvalue weighted by Gasteiger charge is -2.38. The first kappa shape index (κ1) is 17.9. The molecule has 2 saturated carbocycles. The number of hydrogen-bond acceptors (Lipinski definition) is 0. The third kappa shape index (κ3) is 4.58. The minimum absolute atomic E-state index is 0.655. The molecule has 0 N–H and O–H groups in total. The van der Waals surface area contributed by atoms with E-state index in [1.807, 2.05) is 0 Å². The maximum Gasteiger partial charge on any atom is 0.159 e. The molecule has 0 aliphatic heterocycles. The van der Waals surface area contributed by atoms with Crippen molar-refractivity contribution in [1.29, 1.82) is 0 Å². The maximum atomic E-state index is 13.3. The minimum Gasteiger partial charge on any atom is -0.204 e. The summed E-state index contributed by atoms with van der Waals surface area (Å²) in [7, 11) is 0. The van der Waals surface area contributed by atoms with Crippen LogP contribution >= 0.6 is 0 Å². The van der Waals surface area contributed by atoms with E-state index in [0.29, 0.717) is 5.92 Å². The highest BCUT2D eigenvalue weighted by Gasteiger charge is 2.30. The van der Waals surface area contributed by atoms with Crippen molar-refractivity contribution in [3.63, 3.8) is 0 Å². The van der Waals surface area contributed by atoms with Crippen LogP contribution in [0.2, 0.25) is 0 Å². The van der Waals surface area contributed by atoms with Gasteiger partial charge in [-0.3, -0.25) is 0 Å². The Bertz CT molecular complexity index is 509. The van der Waals surface area contributed by atoms with Crippen LogP contribution in [0, 0.1) is 35.3 Å². The van der Waals surface area contributed by atoms with Gasteiger partial charge in [-0.15, -0.1) is 0 Å². The van der Waals surface area contributed by atoms with E-state index in [9.17, 15) is 8.78 Å². The van der Waals surface area contributed by atoms with Crippen LogP contribution in [-0.4, -0.2) is 0 Å². The molecule has 24 heavy (non-hydrogen) atoms. The van der Waals surface area contributed by atoms with Gasteiger partial charge in [0.05, 0.1) is 0 Å². The van der Waals surface area contributed by atoms with Gasteiger partial charge in [0, 0.05) is 0 Å². The summed E-state index contributed by atoms with van der Waals surface area (Å²) in [6, 6.07) is 4.40. The molecule has 2 aliphatic carbocycles. The second-order valence-corrected chi connectivity index (χ2v) is 8.30. The van der Waals surface area contributed by atoms with Crippen molar-refractivity contribution in [2.45, 2.75) is 77.6 Å². The largest absolute Gasteiger partial charge is 0.204 e. The summed E-state index contributed by atoms with van der Waals surface area (Å²) >= 11 is 0. The average molecular weight is 334 g/mol. The summed E-state index contributed by atoms with van der Waals surface area (Å²) in [6.07, 6.45) is 14.7. The molecule has 0 heterocycles. The lowest BCUT2D eigenvalue weighted by atomic mass is 9.68. The molecule has 0 amide bonds. The van der Waals surface area contributed by atoms with Gasteiger partial charge < -0.3 is 0 Å². The second-order valence-electron chi connectivity index (χ2n) is 8.30. The smallest absolute Gasteiger partial charge is 0.159 e. The van der Waals surface area contributed by atoms with E-state index in [4.69, 9.17) is 0 Å². The van der Waals surface area contributed by atoms with Crippen molar-refractivity contribution in [1.82, 2.24) is 0 Å². The molecule has 2 aliphatic rings. The summed E-state index contributed by atoms with van der Waals surface area (Å²) in [5, 5.41) is 0. The molecule has 0 saturated heterocycles. The zero-order valence-corrected chi connectivity index (χ0v) is 15.1. The fraction of sp³-hybridized carbons (Fsp3) is 0.727. The molecular formula is C22H32F2. The zero-order valence-electron chi connectivity index (χ0n) is 15.1. The average Bonchev–Trinajstić information content (AvgIpc) is 2.60. The van der Waals surface area contributed by atoms with Gasteiger partial charge in [-0.25, -0.2) is 8.78 Å². The lowest BCUT2D eigenvalue weighted by molar-refractivity contribution is 0.143. The Morgan fingerprint density at radius 2 is 1.38 bits per heavy atom. The first-order chi connectivity index (χ1) is 11.7. The molecule has 0 radical (unpaired) electrons. The summed E-state index contributed by atoms with van der Waals surface area (Å²) in [5.41, 5.74) is 0.956. The van der Waals surface area contributed by atoms with E-state index in [-0.39, 0.29) is 0 Å². The Morgan fingerprint density at radius 1 is 0.792 bits per heavy atom. The van der Waals surface area contributed by atoms with E-state index >= 15 is 0 Å². The van der Waals surface area contributed by atoms with Crippen molar-refractivity contribution in [3.8, 4) is 0 Å². The standard InChI is InChI=1S/C22H32F2/c1-2-3-16-4-9-19(10-5-16)20-11-6-17(7-12-20)14-18-8-13-21(23)22(24)15-18/h8,13,15-17,19-20H,2-7,9-12,14H2,1H3. The topological polar surface area (TPSA) is 0 Å². The van der Waals surface area contributed by atoms with Crippen LogP contribution in [0.1, 0.15) is 76.7 Å². The van der Waals surface area contributed by atoms with Crippen LogP contribution in [0.3, 0.4) is 0 Å². The summed E-state index contributed by atoms with van der Waals surface area (Å²) < 4.78 is 26.4. The Hall–Kier alpha value is -0.920. The fourth-order valence-corrected chi connectivity index (χ4v) is 5.22. The Labute approximate surface area is 146 Å². The predicted octanol–water partition coefficient (Wildman–Crippen LogP) is 6.92. The summed E-state index contributed by atoms with van der Waals surface area (Å²) in [5.74, 6) is 2.10. The van der Waals surface area contributed by atoms with E-state index in [1.54, 1.807) is 6.07 Å². The van der Waals surface area contributed by atoms with Gasteiger partial charge in [0.1, 0.15) is 0 Å². The monoisotopic (exact) mass is 334 g/mol. The van der Waals surface area contributed by atoms with E-state index < -0.39 is 11.6 Å². The number of benzene rings is 1. The summed E-state index contributed by atoms with van der Waals surface area (Å²) in [4.78, 5) is 0. The Kier molecular flexibility index (Phi) is 6.30. The fourth-order valence-electron chi connectivity index (χ4n) is 5.22. The Balaban J connectivity index is 1.43. The molecule has 2 fully saturated rings. The minimum atomic E-state index is -0.735. The van der Waals surface area contributed by atoms with Gasteiger partial charge in [0.25, 0.3) is 0 Å². The van der Waals surface area contributed by atoms with Crippen molar-refractivity contribution in [2.24, 2.45) is 23.7 Å². The normalized spacial score (nSPS) is 31.1. The van der Waals surface area contributed by atoms with Gasteiger partial charge >= 0.3 is 0 Å². The molecule has 0 atom stereocenters. The number of halogens is 2. The molecule has 0 nitrogen and oxygen atoms in total. The SMILES string of the molecule is CCCC1CCC(C2CCC(Cc3ccc(F)c(F)c3)CC2)CC1. The van der Waals surface area contributed by atoms with Crippen LogP contribution in [0.15, 0.2) is 18.2 Å². The molecule has 0 aromatic heterocycles. The van der Waals surface area contributed by atoms with Gasteiger partial charge in [0.15, 0.2) is 11.6 Å². The van der Waals surface area contributed by atoms with Gasteiger partial charge in [-0.1, -0.05) is 38.7 Å². The molecular weight excluding hydrogens is 302 g/mol. The third-order valence-corrected chi connectivity index (χ3v) is 6.65. The third-order valence-electron chi connectivity index (χ3n) is 6.65. The maximum absolute atomic E-state index is 13.3. The highest BCUT2D eigenvalue weighted by Crippen LogP contribution is 2.42. The van der Waals surface area contributed by atoms with Crippen molar-refractivity contribution in [2.75, 3.05) is 0 Å². The van der Waals surface area contributed by atoms with E-state index in [1.165, 1.54) is 76.3 Å². The highest BCUT2D eigenvalue weighted by molar-refractivity contribution is 5.18. The molecule has 2 heteroatoms. The van der Waals surface area contributed by atoms with Gasteiger partial charge in [-0.05, 0) is 86.3 Å². The first-order valence-corrected chi connectivity index (χ1v) is 10.1. The van der Waals surface area contributed by atoms with Crippen molar-refractivity contribution in [3.05, 3.63) is 35.4 Å². The van der Waals surface area contributed by atoms with Crippen molar-refractivity contribution >= 4 is 0 Å². The molecule has 1 aromatic rings. The predicted molar refractivity (Wildman–Crippen MR) is 95.9 cm³/mol.